The van der Waals surface area contributed by atoms with E-state index in [1.807, 2.05) is 30.3 Å². The van der Waals surface area contributed by atoms with Gasteiger partial charge in [-0.1, -0.05) is 92.5 Å². The number of rotatable bonds is 0. The maximum absolute atomic E-state index is 14.3. The molecule has 1 unspecified atom stereocenters. The maximum Gasteiger partial charge on any atom is 0.182 e. The largest absolute Gasteiger partial charge is 0.292 e. The van der Waals surface area contributed by atoms with Gasteiger partial charge in [-0.2, -0.15) is 0 Å². The smallest absolute Gasteiger partial charge is 0.182 e. The summed E-state index contributed by atoms with van der Waals surface area (Å²) in [6.45, 7) is 0. The molecule has 0 aromatic heterocycles. The lowest BCUT2D eigenvalue weighted by molar-refractivity contribution is 0.0935. The molecule has 0 N–H and O–H groups in total. The van der Waals surface area contributed by atoms with Gasteiger partial charge in [0.15, 0.2) is 5.78 Å². The van der Waals surface area contributed by atoms with Gasteiger partial charge in [0.25, 0.3) is 0 Å². The summed E-state index contributed by atoms with van der Waals surface area (Å²) in [5.74, 6) is 0.142. The first-order chi connectivity index (χ1) is 14.1. The molecular weight excluding hydrogens is 488 g/mol. The second kappa shape index (κ2) is 6.01. The average molecular weight is 502 g/mol. The zero-order valence-electron chi connectivity index (χ0n) is 15.2. The SMILES string of the molecule is O=C1c2ccccc2-c2ccc(Br)cc2C12c1ccccc1-c1ccc(Br)cc12. The van der Waals surface area contributed by atoms with Gasteiger partial charge < -0.3 is 0 Å². The Morgan fingerprint density at radius 3 is 1.66 bits per heavy atom. The first-order valence-corrected chi connectivity index (χ1v) is 11.0. The van der Waals surface area contributed by atoms with Gasteiger partial charge in [-0.3, -0.25) is 4.79 Å². The monoisotopic (exact) mass is 500 g/mol. The Bertz CT molecular complexity index is 1350. The van der Waals surface area contributed by atoms with Crippen molar-refractivity contribution in [1.82, 2.24) is 0 Å². The lowest BCUT2D eigenvalue weighted by Gasteiger charge is -2.37. The highest BCUT2D eigenvalue weighted by atomic mass is 79.9. The van der Waals surface area contributed by atoms with Gasteiger partial charge in [-0.25, -0.2) is 0 Å². The van der Waals surface area contributed by atoms with Crippen molar-refractivity contribution in [3.8, 4) is 22.3 Å². The third-order valence-electron chi connectivity index (χ3n) is 6.19. The van der Waals surface area contributed by atoms with Crippen molar-refractivity contribution in [2.24, 2.45) is 0 Å². The normalized spacial score (nSPS) is 18.2. The minimum atomic E-state index is -0.844. The van der Waals surface area contributed by atoms with Crippen molar-refractivity contribution in [2.45, 2.75) is 5.41 Å². The number of carbonyl (C=O) groups is 1. The third kappa shape index (κ3) is 2.12. The van der Waals surface area contributed by atoms with E-state index in [1.54, 1.807) is 0 Å². The highest BCUT2D eigenvalue weighted by molar-refractivity contribution is 9.10. The van der Waals surface area contributed by atoms with E-state index in [-0.39, 0.29) is 5.78 Å². The minimum Gasteiger partial charge on any atom is -0.292 e. The summed E-state index contributed by atoms with van der Waals surface area (Å²) in [5.41, 5.74) is 7.47. The molecule has 0 aliphatic heterocycles. The fourth-order valence-corrected chi connectivity index (χ4v) is 5.81. The van der Waals surface area contributed by atoms with Gasteiger partial charge in [0, 0.05) is 14.5 Å². The van der Waals surface area contributed by atoms with Gasteiger partial charge in [0.2, 0.25) is 0 Å². The van der Waals surface area contributed by atoms with Crippen molar-refractivity contribution >= 4 is 37.6 Å². The summed E-state index contributed by atoms with van der Waals surface area (Å²) in [7, 11) is 0. The summed E-state index contributed by atoms with van der Waals surface area (Å²) < 4.78 is 1.95. The van der Waals surface area contributed by atoms with Crippen LogP contribution in [0.5, 0.6) is 0 Å². The molecule has 3 heteroatoms. The number of hydrogen-bond donors (Lipinski definition) is 0. The Balaban J connectivity index is 1.85. The van der Waals surface area contributed by atoms with E-state index >= 15 is 0 Å². The zero-order chi connectivity index (χ0) is 19.8. The zero-order valence-corrected chi connectivity index (χ0v) is 18.4. The van der Waals surface area contributed by atoms with E-state index in [0.717, 1.165) is 53.5 Å². The molecule has 29 heavy (non-hydrogen) atoms. The van der Waals surface area contributed by atoms with Crippen molar-refractivity contribution < 1.29 is 4.79 Å². The number of Topliss-reactive ketones (excluding diaryl/α,β-unsaturated/α-hetero) is 1. The molecule has 0 saturated heterocycles. The van der Waals surface area contributed by atoms with Gasteiger partial charge in [0.1, 0.15) is 5.41 Å². The van der Waals surface area contributed by atoms with E-state index in [0.29, 0.717) is 0 Å². The molecule has 0 fully saturated rings. The fourth-order valence-electron chi connectivity index (χ4n) is 5.09. The van der Waals surface area contributed by atoms with E-state index in [9.17, 15) is 4.79 Å². The van der Waals surface area contributed by atoms with Gasteiger partial charge in [0.05, 0.1) is 0 Å². The van der Waals surface area contributed by atoms with Crippen molar-refractivity contribution in [3.05, 3.63) is 116 Å². The van der Waals surface area contributed by atoms with Crippen LogP contribution in [0.25, 0.3) is 22.3 Å². The number of hydrogen-bond acceptors (Lipinski definition) is 1. The quantitative estimate of drug-likeness (QED) is 0.245. The summed E-state index contributed by atoms with van der Waals surface area (Å²) in [6, 6.07) is 28.9. The van der Waals surface area contributed by atoms with Gasteiger partial charge in [-0.05, 0) is 63.2 Å². The average Bonchev–Trinajstić information content (AvgIpc) is 3.03. The van der Waals surface area contributed by atoms with E-state index in [4.69, 9.17) is 0 Å². The predicted molar refractivity (Wildman–Crippen MR) is 123 cm³/mol. The van der Waals surface area contributed by atoms with Crippen molar-refractivity contribution in [1.29, 1.82) is 0 Å². The Morgan fingerprint density at radius 1 is 0.517 bits per heavy atom. The van der Waals surface area contributed by atoms with Crippen LogP contribution in [0.4, 0.5) is 0 Å². The van der Waals surface area contributed by atoms with Crippen LogP contribution in [0.3, 0.4) is 0 Å². The van der Waals surface area contributed by atoms with Crippen LogP contribution in [0, 0.1) is 0 Å². The van der Waals surface area contributed by atoms with Crippen LogP contribution in [0.15, 0.2) is 93.9 Å². The summed E-state index contributed by atoms with van der Waals surface area (Å²) in [4.78, 5) is 14.3. The molecule has 6 rings (SSSR count). The molecule has 138 valence electrons. The lowest BCUT2D eigenvalue weighted by atomic mass is 9.62. The standard InChI is InChI=1S/C26H14Br2O/c27-15-9-11-19-17-5-1-2-7-21(17)25(29)26(23(19)13-15)22-8-4-3-6-18(22)20-12-10-16(28)14-24(20)26/h1-14H. The number of halogens is 2. The number of fused-ring (bicyclic) bond motifs is 9. The summed E-state index contributed by atoms with van der Waals surface area (Å²) >= 11 is 7.30. The van der Waals surface area contributed by atoms with Crippen LogP contribution in [-0.2, 0) is 5.41 Å². The summed E-state index contributed by atoms with van der Waals surface area (Å²) in [5, 5.41) is 0. The van der Waals surface area contributed by atoms with Crippen LogP contribution >= 0.6 is 31.9 Å². The number of ketones is 1. The molecule has 2 aliphatic rings. The lowest BCUT2D eigenvalue weighted by Crippen LogP contribution is -2.40. The summed E-state index contributed by atoms with van der Waals surface area (Å²) in [6.07, 6.45) is 0. The van der Waals surface area contributed by atoms with Crippen LogP contribution in [0.2, 0.25) is 0 Å². The highest BCUT2D eigenvalue weighted by Gasteiger charge is 2.54. The molecule has 0 amide bonds. The Hall–Kier alpha value is -2.49. The molecule has 1 nitrogen and oxygen atoms in total. The highest BCUT2D eigenvalue weighted by Crippen LogP contribution is 2.59. The Labute approximate surface area is 185 Å². The Morgan fingerprint density at radius 2 is 1.00 bits per heavy atom. The number of carbonyl (C=O) groups excluding carboxylic acids is 1. The maximum atomic E-state index is 14.3. The molecular formula is C26H14Br2O. The van der Waals surface area contributed by atoms with Gasteiger partial charge >= 0.3 is 0 Å². The second-order valence-corrected chi connectivity index (χ2v) is 9.38. The first-order valence-electron chi connectivity index (χ1n) is 9.46. The predicted octanol–water partition coefficient (Wildman–Crippen LogP) is 7.39. The van der Waals surface area contributed by atoms with Crippen LogP contribution < -0.4 is 0 Å². The topological polar surface area (TPSA) is 17.1 Å². The van der Waals surface area contributed by atoms with E-state index < -0.39 is 5.41 Å². The molecule has 0 bridgehead atoms. The molecule has 1 atom stereocenters. The van der Waals surface area contributed by atoms with E-state index in [2.05, 4.69) is 86.5 Å². The first kappa shape index (κ1) is 17.4. The third-order valence-corrected chi connectivity index (χ3v) is 7.18. The van der Waals surface area contributed by atoms with Crippen LogP contribution in [-0.4, -0.2) is 5.78 Å². The molecule has 0 heterocycles. The molecule has 4 aromatic rings. The minimum absolute atomic E-state index is 0.142. The molecule has 2 aliphatic carbocycles. The molecule has 0 radical (unpaired) electrons. The fraction of sp³-hybridized carbons (Fsp3) is 0.0385. The van der Waals surface area contributed by atoms with Crippen molar-refractivity contribution in [2.75, 3.05) is 0 Å². The molecule has 1 spiro atoms. The Kier molecular flexibility index (Phi) is 3.60. The van der Waals surface area contributed by atoms with Crippen molar-refractivity contribution in [3.63, 3.8) is 0 Å². The van der Waals surface area contributed by atoms with Crippen LogP contribution in [0.1, 0.15) is 27.0 Å². The molecule has 0 saturated carbocycles. The molecule has 4 aromatic carbocycles. The van der Waals surface area contributed by atoms with E-state index in [1.165, 1.54) is 0 Å². The number of benzene rings is 4. The second-order valence-electron chi connectivity index (χ2n) is 7.55. The van der Waals surface area contributed by atoms with Gasteiger partial charge in [-0.15, -0.1) is 0 Å².